The monoisotopic (exact) mass is 519 g/mol. The first kappa shape index (κ1) is 23.7. The number of aromatic nitrogens is 1. The van der Waals surface area contributed by atoms with Crippen molar-refractivity contribution >= 4 is 15.9 Å². The predicted octanol–water partition coefficient (Wildman–Crippen LogP) is 6.82. The number of nitrogens with one attached hydrogen (secondary N) is 1. The molecule has 0 bridgehead atoms. The third kappa shape index (κ3) is 4.84. The van der Waals surface area contributed by atoms with Crippen LogP contribution >= 0.6 is 15.9 Å². The number of benzene rings is 1. The summed E-state index contributed by atoms with van der Waals surface area (Å²) in [6.07, 6.45) is 10.1. The molecule has 0 amide bonds. The number of pyridine rings is 1. The summed E-state index contributed by atoms with van der Waals surface area (Å²) in [6.45, 7) is 16.2. The first-order valence-corrected chi connectivity index (χ1v) is 13.8. The van der Waals surface area contributed by atoms with Gasteiger partial charge in [-0.15, -0.1) is 0 Å². The van der Waals surface area contributed by atoms with Crippen LogP contribution in [0.4, 0.5) is 0 Å². The minimum Gasteiger partial charge on any atom is -0.389 e. The van der Waals surface area contributed by atoms with Gasteiger partial charge in [0, 0.05) is 47.6 Å². The molecule has 3 nitrogen and oxygen atoms in total. The van der Waals surface area contributed by atoms with Crippen molar-refractivity contribution in [1.29, 1.82) is 0 Å². The number of likely N-dealkylation sites (tertiary alicyclic amines) is 1. The fraction of sp³-hybridized carbons (Fsp3) is 0.500. The average Bonchev–Trinajstić information content (AvgIpc) is 2.97. The Balaban J connectivity index is 1.36. The molecule has 2 fully saturated rings. The lowest BCUT2D eigenvalue weighted by Gasteiger charge is -2.40. The fourth-order valence-corrected chi connectivity index (χ4v) is 7.27. The number of piperidine rings is 2. The van der Waals surface area contributed by atoms with E-state index in [0.29, 0.717) is 17.8 Å². The van der Waals surface area contributed by atoms with Gasteiger partial charge in [-0.1, -0.05) is 41.2 Å². The lowest BCUT2D eigenvalue weighted by molar-refractivity contribution is 0.200. The Morgan fingerprint density at radius 2 is 1.79 bits per heavy atom. The Morgan fingerprint density at radius 3 is 2.53 bits per heavy atom. The van der Waals surface area contributed by atoms with Gasteiger partial charge in [-0.3, -0.25) is 4.98 Å². The molecule has 2 saturated heterocycles. The van der Waals surface area contributed by atoms with E-state index in [0.717, 1.165) is 45.3 Å². The quantitative estimate of drug-likeness (QED) is 0.480. The molecule has 0 saturated carbocycles. The van der Waals surface area contributed by atoms with Crippen molar-refractivity contribution in [2.75, 3.05) is 19.6 Å². The minimum atomic E-state index is 0.368. The molecular weight excluding hydrogens is 482 g/mol. The highest BCUT2D eigenvalue weighted by Crippen LogP contribution is 2.45. The van der Waals surface area contributed by atoms with E-state index in [-0.39, 0.29) is 0 Å². The minimum absolute atomic E-state index is 0.368. The van der Waals surface area contributed by atoms with E-state index in [1.165, 1.54) is 68.6 Å². The Morgan fingerprint density at radius 1 is 1.06 bits per heavy atom. The van der Waals surface area contributed by atoms with Crippen molar-refractivity contribution < 1.29 is 0 Å². The molecule has 1 aliphatic carbocycles. The van der Waals surface area contributed by atoms with Gasteiger partial charge in [-0.25, -0.2) is 0 Å². The number of hydrogen-bond acceptors (Lipinski definition) is 3. The van der Waals surface area contributed by atoms with Gasteiger partial charge in [-0.2, -0.15) is 0 Å². The van der Waals surface area contributed by atoms with Crippen LogP contribution in [-0.4, -0.2) is 29.5 Å². The van der Waals surface area contributed by atoms with Crippen LogP contribution in [-0.2, 0) is 12.8 Å². The Hall–Kier alpha value is -2.07. The van der Waals surface area contributed by atoms with Crippen molar-refractivity contribution in [3.63, 3.8) is 0 Å². The number of nitrogens with zero attached hydrogens (tertiary/aromatic N) is 2. The van der Waals surface area contributed by atoms with E-state index in [9.17, 15) is 0 Å². The van der Waals surface area contributed by atoms with E-state index < -0.39 is 0 Å². The van der Waals surface area contributed by atoms with Crippen molar-refractivity contribution in [3.8, 4) is 0 Å². The first-order valence-electron chi connectivity index (χ1n) is 13.0. The first-order chi connectivity index (χ1) is 16.4. The molecule has 3 aliphatic rings. The SMILES string of the molecule is C=C1CCC(CC(=C)N2CCC(C3c4ncc(C)cc4CCc4cc(C)cc(Br)c43)CC2)CN1. The smallest absolute Gasteiger partial charge is 0.0513 e. The maximum absolute atomic E-state index is 5.07. The zero-order valence-corrected chi connectivity index (χ0v) is 22.4. The topological polar surface area (TPSA) is 28.2 Å². The summed E-state index contributed by atoms with van der Waals surface area (Å²) in [5.41, 5.74) is 10.9. The molecule has 1 aromatic heterocycles. The number of allylic oxidation sites excluding steroid dienone is 2. The summed E-state index contributed by atoms with van der Waals surface area (Å²) in [5, 5.41) is 3.46. The Bertz CT molecular complexity index is 1090. The van der Waals surface area contributed by atoms with Gasteiger partial charge in [0.25, 0.3) is 0 Å². The maximum Gasteiger partial charge on any atom is 0.0513 e. The van der Waals surface area contributed by atoms with E-state index in [1.54, 1.807) is 0 Å². The van der Waals surface area contributed by atoms with Gasteiger partial charge in [0.2, 0.25) is 0 Å². The highest BCUT2D eigenvalue weighted by atomic mass is 79.9. The summed E-state index contributed by atoms with van der Waals surface area (Å²) < 4.78 is 1.26. The van der Waals surface area contributed by atoms with Gasteiger partial charge >= 0.3 is 0 Å². The molecule has 1 aromatic carbocycles. The van der Waals surface area contributed by atoms with Crippen LogP contribution in [0.15, 0.2) is 53.4 Å². The summed E-state index contributed by atoms with van der Waals surface area (Å²) in [4.78, 5) is 7.63. The van der Waals surface area contributed by atoms with E-state index >= 15 is 0 Å². The Kier molecular flexibility index (Phi) is 6.88. The van der Waals surface area contributed by atoms with Crippen molar-refractivity contribution in [1.82, 2.24) is 15.2 Å². The molecule has 5 rings (SSSR count). The molecule has 2 unspecified atom stereocenters. The molecule has 2 aliphatic heterocycles. The standard InChI is InChI=1S/C30H38BrN3/c1-19-13-25-7-8-26-14-20(2)17-33-30(26)29(28(25)27(31)15-19)24-9-11-34(12-10-24)22(4)16-23-6-5-21(3)32-18-23/h13-15,17,23-24,29,32H,3-12,16,18H2,1-2H3. The third-order valence-corrected chi connectivity index (χ3v) is 8.90. The van der Waals surface area contributed by atoms with E-state index in [4.69, 9.17) is 4.98 Å². The van der Waals surface area contributed by atoms with Crippen LogP contribution < -0.4 is 5.32 Å². The number of rotatable bonds is 4. The molecule has 2 aromatic rings. The molecule has 180 valence electrons. The van der Waals surface area contributed by atoms with Crippen LogP contribution in [0.5, 0.6) is 0 Å². The second-order valence-electron chi connectivity index (χ2n) is 10.8. The van der Waals surface area contributed by atoms with Crippen LogP contribution in [0.25, 0.3) is 0 Å². The summed E-state index contributed by atoms with van der Waals surface area (Å²) >= 11 is 3.97. The Labute approximate surface area is 213 Å². The predicted molar refractivity (Wildman–Crippen MR) is 145 cm³/mol. The zero-order chi connectivity index (χ0) is 23.8. The van der Waals surface area contributed by atoms with E-state index in [1.807, 2.05) is 0 Å². The third-order valence-electron chi connectivity index (χ3n) is 8.24. The second-order valence-corrected chi connectivity index (χ2v) is 11.7. The highest BCUT2D eigenvalue weighted by Gasteiger charge is 2.35. The largest absolute Gasteiger partial charge is 0.389 e. The molecule has 2 atom stereocenters. The summed E-state index contributed by atoms with van der Waals surface area (Å²) in [6, 6.07) is 7.09. The van der Waals surface area contributed by atoms with Crippen molar-refractivity contribution in [2.24, 2.45) is 11.8 Å². The van der Waals surface area contributed by atoms with Crippen LogP contribution in [0.3, 0.4) is 0 Å². The lowest BCUT2D eigenvalue weighted by Crippen LogP contribution is -2.37. The van der Waals surface area contributed by atoms with Gasteiger partial charge < -0.3 is 10.2 Å². The van der Waals surface area contributed by atoms with Gasteiger partial charge in [0.1, 0.15) is 0 Å². The molecule has 3 heterocycles. The lowest BCUT2D eigenvalue weighted by atomic mass is 9.76. The maximum atomic E-state index is 5.07. The number of halogens is 1. The van der Waals surface area contributed by atoms with Crippen LogP contribution in [0, 0.1) is 25.7 Å². The van der Waals surface area contributed by atoms with Crippen molar-refractivity contribution in [3.05, 3.63) is 86.9 Å². The number of hydrogen-bond donors (Lipinski definition) is 1. The van der Waals surface area contributed by atoms with E-state index in [2.05, 4.69) is 77.5 Å². The number of aryl methyl sites for hydroxylation is 4. The van der Waals surface area contributed by atoms with Crippen LogP contribution in [0.2, 0.25) is 0 Å². The summed E-state index contributed by atoms with van der Waals surface area (Å²) in [5.74, 6) is 1.66. The molecule has 4 heteroatoms. The van der Waals surface area contributed by atoms with Crippen molar-refractivity contribution in [2.45, 2.75) is 64.7 Å². The van der Waals surface area contributed by atoms with Gasteiger partial charge in [0.15, 0.2) is 0 Å². The van der Waals surface area contributed by atoms with Crippen LogP contribution in [0.1, 0.15) is 71.5 Å². The second kappa shape index (κ2) is 9.89. The molecule has 34 heavy (non-hydrogen) atoms. The molecule has 1 N–H and O–H groups in total. The normalized spacial score (nSPS) is 23.0. The number of fused-ring (bicyclic) bond motifs is 2. The van der Waals surface area contributed by atoms with Gasteiger partial charge in [-0.05, 0) is 105 Å². The zero-order valence-electron chi connectivity index (χ0n) is 20.8. The molecular formula is C30H38BrN3. The summed E-state index contributed by atoms with van der Waals surface area (Å²) in [7, 11) is 0. The average molecular weight is 521 g/mol. The fourth-order valence-electron chi connectivity index (χ4n) is 6.41. The molecule has 0 spiro atoms. The highest BCUT2D eigenvalue weighted by molar-refractivity contribution is 9.10. The van der Waals surface area contributed by atoms with Gasteiger partial charge in [0.05, 0.1) is 5.69 Å². The molecule has 0 radical (unpaired) electrons.